The Morgan fingerprint density at radius 2 is 1.88 bits per heavy atom. The van der Waals surface area contributed by atoms with E-state index in [2.05, 4.69) is 20.8 Å². The lowest BCUT2D eigenvalue weighted by atomic mass is 10.2. The molecule has 2 amide bonds. The first kappa shape index (κ1) is 24.5. The molecule has 1 heterocycles. The highest BCUT2D eigenvalue weighted by molar-refractivity contribution is 7.99. The maximum Gasteiger partial charge on any atom is 0.271 e. The Morgan fingerprint density at radius 3 is 2.55 bits per heavy atom. The number of carbonyl (C=O) groups excluding carboxylic acids is 2. The number of benzene rings is 2. The number of nitrogens with zero attached hydrogens (tertiary/aromatic N) is 4. The van der Waals surface area contributed by atoms with Crippen molar-refractivity contribution in [3.8, 4) is 0 Å². The van der Waals surface area contributed by atoms with Crippen LogP contribution in [0.15, 0.2) is 47.6 Å². The summed E-state index contributed by atoms with van der Waals surface area (Å²) in [6.45, 7) is 1.77. The first-order chi connectivity index (χ1) is 15.7. The fraction of sp³-hybridized carbons (Fsp3) is 0.200. The van der Waals surface area contributed by atoms with Crippen LogP contribution < -0.4 is 10.6 Å². The predicted octanol–water partition coefficient (Wildman–Crippen LogP) is 4.25. The van der Waals surface area contributed by atoms with E-state index in [1.807, 2.05) is 0 Å². The van der Waals surface area contributed by atoms with Crippen molar-refractivity contribution in [2.75, 3.05) is 11.1 Å². The number of thioether (sulfide) groups is 1. The van der Waals surface area contributed by atoms with Crippen molar-refractivity contribution in [1.82, 2.24) is 20.1 Å². The fourth-order valence-electron chi connectivity index (χ4n) is 2.81. The first-order valence-corrected chi connectivity index (χ1v) is 11.2. The highest BCUT2D eigenvalue weighted by atomic mass is 35.5. The van der Waals surface area contributed by atoms with Crippen LogP contribution in [0.5, 0.6) is 0 Å². The number of aromatic nitrogens is 3. The number of carbonyl (C=O) groups is 2. The third kappa shape index (κ3) is 6.21. The molecule has 2 N–H and O–H groups in total. The van der Waals surface area contributed by atoms with Crippen LogP contribution in [-0.4, -0.2) is 37.3 Å². The molecule has 0 aliphatic rings. The van der Waals surface area contributed by atoms with Crippen molar-refractivity contribution in [2.24, 2.45) is 7.05 Å². The van der Waals surface area contributed by atoms with Crippen molar-refractivity contribution in [3.05, 3.63) is 74.0 Å². The summed E-state index contributed by atoms with van der Waals surface area (Å²) < 4.78 is 1.67. The van der Waals surface area contributed by atoms with Gasteiger partial charge in [0.15, 0.2) is 11.0 Å². The Morgan fingerprint density at radius 1 is 1.18 bits per heavy atom. The SMILES string of the molecule is C[C@H](NC(=O)c1ccc(Cl)cc1)c1nnc(SCC(=O)Nc2cc([N+](=O)[O-])ccc2Cl)n1C. The summed E-state index contributed by atoms with van der Waals surface area (Å²) >= 11 is 13.0. The van der Waals surface area contributed by atoms with Crippen LogP contribution in [0.1, 0.15) is 29.1 Å². The molecule has 1 aromatic heterocycles. The number of nitro benzene ring substituents is 1. The summed E-state index contributed by atoms with van der Waals surface area (Å²) in [5.74, 6) is -0.237. The summed E-state index contributed by atoms with van der Waals surface area (Å²) in [6, 6.07) is 9.84. The number of halogens is 2. The Bertz CT molecular complexity index is 1200. The van der Waals surface area contributed by atoms with Crippen LogP contribution in [-0.2, 0) is 11.8 Å². The molecule has 13 heteroatoms. The van der Waals surface area contributed by atoms with Gasteiger partial charge in [0.05, 0.1) is 27.4 Å². The van der Waals surface area contributed by atoms with Gasteiger partial charge >= 0.3 is 0 Å². The van der Waals surface area contributed by atoms with Crippen molar-refractivity contribution < 1.29 is 14.5 Å². The zero-order chi connectivity index (χ0) is 24.1. The zero-order valence-electron chi connectivity index (χ0n) is 17.4. The maximum atomic E-state index is 12.4. The predicted molar refractivity (Wildman–Crippen MR) is 126 cm³/mol. The van der Waals surface area contributed by atoms with Crippen molar-refractivity contribution in [3.63, 3.8) is 0 Å². The highest BCUT2D eigenvalue weighted by Crippen LogP contribution is 2.27. The second kappa shape index (κ2) is 10.6. The lowest BCUT2D eigenvalue weighted by Crippen LogP contribution is -2.28. The zero-order valence-corrected chi connectivity index (χ0v) is 19.7. The third-order valence-electron chi connectivity index (χ3n) is 4.48. The smallest absolute Gasteiger partial charge is 0.271 e. The minimum Gasteiger partial charge on any atom is -0.342 e. The molecule has 0 aliphatic heterocycles. The molecule has 2 aromatic carbocycles. The lowest BCUT2D eigenvalue weighted by molar-refractivity contribution is -0.384. The Kier molecular flexibility index (Phi) is 7.90. The van der Waals surface area contributed by atoms with Crippen LogP contribution in [0.25, 0.3) is 0 Å². The number of anilines is 1. The molecule has 33 heavy (non-hydrogen) atoms. The van der Waals surface area contributed by atoms with Crippen molar-refractivity contribution in [1.29, 1.82) is 0 Å². The molecule has 0 fully saturated rings. The average Bonchev–Trinajstić information content (AvgIpc) is 3.14. The van der Waals surface area contributed by atoms with E-state index < -0.39 is 16.9 Å². The minimum absolute atomic E-state index is 0.0312. The number of hydrogen-bond donors (Lipinski definition) is 2. The van der Waals surface area contributed by atoms with E-state index in [9.17, 15) is 19.7 Å². The van der Waals surface area contributed by atoms with E-state index in [0.717, 1.165) is 11.8 Å². The summed E-state index contributed by atoms with van der Waals surface area (Å²) in [5.41, 5.74) is 0.420. The second-order valence-corrected chi connectivity index (χ2v) is 8.65. The van der Waals surface area contributed by atoms with E-state index in [0.29, 0.717) is 21.6 Å². The molecule has 0 saturated heterocycles. The van der Waals surface area contributed by atoms with Crippen molar-refractivity contribution in [2.45, 2.75) is 18.1 Å². The molecule has 10 nitrogen and oxygen atoms in total. The van der Waals surface area contributed by atoms with Crippen LogP contribution in [0.3, 0.4) is 0 Å². The van der Waals surface area contributed by atoms with Gasteiger partial charge in [0.1, 0.15) is 0 Å². The molecule has 1 atom stereocenters. The summed E-state index contributed by atoms with van der Waals surface area (Å²) in [4.78, 5) is 35.1. The molecule has 172 valence electrons. The number of rotatable bonds is 8. The van der Waals surface area contributed by atoms with Gasteiger partial charge in [0.25, 0.3) is 11.6 Å². The maximum absolute atomic E-state index is 12.4. The highest BCUT2D eigenvalue weighted by Gasteiger charge is 2.19. The van der Waals surface area contributed by atoms with Gasteiger partial charge in [-0.05, 0) is 37.3 Å². The molecule has 0 radical (unpaired) electrons. The van der Waals surface area contributed by atoms with Gasteiger partial charge in [-0.3, -0.25) is 19.7 Å². The monoisotopic (exact) mass is 508 g/mol. The van der Waals surface area contributed by atoms with E-state index in [1.54, 1.807) is 42.8 Å². The first-order valence-electron chi connectivity index (χ1n) is 9.48. The van der Waals surface area contributed by atoms with Gasteiger partial charge in [-0.25, -0.2) is 0 Å². The van der Waals surface area contributed by atoms with E-state index in [-0.39, 0.29) is 28.1 Å². The molecular formula is C20H18Cl2N6O4S. The molecule has 3 aromatic rings. The van der Waals surface area contributed by atoms with Gasteiger partial charge in [-0.1, -0.05) is 35.0 Å². The summed E-state index contributed by atoms with van der Waals surface area (Å²) in [5, 5.41) is 25.7. The quantitative estimate of drug-likeness (QED) is 0.264. The summed E-state index contributed by atoms with van der Waals surface area (Å²) in [6.07, 6.45) is 0. The Labute approximate surface area is 202 Å². The Balaban J connectivity index is 1.60. The number of non-ortho nitro benzene ring substituents is 1. The molecule has 0 unspecified atom stereocenters. The molecular weight excluding hydrogens is 491 g/mol. The molecule has 0 aliphatic carbocycles. The van der Waals surface area contributed by atoms with E-state index in [1.165, 1.54) is 18.2 Å². The third-order valence-corrected chi connectivity index (χ3v) is 6.08. The lowest BCUT2D eigenvalue weighted by Gasteiger charge is -2.13. The van der Waals surface area contributed by atoms with Crippen LogP contribution >= 0.6 is 35.0 Å². The average molecular weight is 509 g/mol. The molecule has 0 bridgehead atoms. The fourth-order valence-corrected chi connectivity index (χ4v) is 3.82. The summed E-state index contributed by atoms with van der Waals surface area (Å²) in [7, 11) is 1.72. The number of hydrogen-bond acceptors (Lipinski definition) is 7. The molecule has 0 spiro atoms. The van der Waals surface area contributed by atoms with E-state index in [4.69, 9.17) is 23.2 Å². The Hall–Kier alpha value is -3.15. The van der Waals surface area contributed by atoms with Gasteiger partial charge in [-0.2, -0.15) is 0 Å². The van der Waals surface area contributed by atoms with Gasteiger partial charge < -0.3 is 15.2 Å². The number of amides is 2. The van der Waals surface area contributed by atoms with Crippen LogP contribution in [0, 0.1) is 10.1 Å². The van der Waals surface area contributed by atoms with Gasteiger partial charge in [-0.15, -0.1) is 10.2 Å². The molecule has 3 rings (SSSR count). The number of nitrogens with one attached hydrogen (secondary N) is 2. The minimum atomic E-state index is -0.575. The van der Waals surface area contributed by atoms with Gasteiger partial charge in [0.2, 0.25) is 5.91 Å². The largest absolute Gasteiger partial charge is 0.342 e. The number of nitro groups is 1. The normalized spacial score (nSPS) is 11.6. The van der Waals surface area contributed by atoms with Gasteiger partial charge in [0, 0.05) is 29.8 Å². The van der Waals surface area contributed by atoms with Crippen molar-refractivity contribution >= 4 is 58.2 Å². The van der Waals surface area contributed by atoms with Crippen LogP contribution in [0.2, 0.25) is 10.0 Å². The van der Waals surface area contributed by atoms with E-state index >= 15 is 0 Å². The standard InChI is InChI=1S/C20H18Cl2N6O4S/c1-11(23-19(30)12-3-5-13(21)6-4-12)18-25-26-20(27(18)2)33-10-17(29)24-16-9-14(28(31)32)7-8-15(16)22/h3-9,11H,10H2,1-2H3,(H,23,30)(H,24,29)/t11-/m0/s1. The molecule has 0 saturated carbocycles. The topological polar surface area (TPSA) is 132 Å². The second-order valence-electron chi connectivity index (χ2n) is 6.86. The van der Waals surface area contributed by atoms with Crippen LogP contribution in [0.4, 0.5) is 11.4 Å².